The van der Waals surface area contributed by atoms with Crippen molar-refractivity contribution in [2.24, 2.45) is 0 Å². The van der Waals surface area contributed by atoms with Crippen molar-refractivity contribution in [3.63, 3.8) is 0 Å². The fraction of sp³-hybridized carbons (Fsp3) is 0.846. The second kappa shape index (κ2) is 10.5. The third-order valence-corrected chi connectivity index (χ3v) is 2.95. The van der Waals surface area contributed by atoms with Gasteiger partial charge in [0.15, 0.2) is 0 Å². The van der Waals surface area contributed by atoms with Crippen molar-refractivity contribution in [1.29, 1.82) is 0 Å². The van der Waals surface area contributed by atoms with Crippen molar-refractivity contribution < 1.29 is 5.11 Å². The van der Waals surface area contributed by atoms with Crippen molar-refractivity contribution in [1.82, 2.24) is 0 Å². The van der Waals surface area contributed by atoms with Gasteiger partial charge in [0.25, 0.3) is 0 Å². The number of hydrogen-bond donors (Lipinski definition) is 1. The lowest BCUT2D eigenvalue weighted by Gasteiger charge is -2.09. The third-order valence-electron chi connectivity index (χ3n) is 2.55. The SMILES string of the molecule is CC/C=C(\Cl)C(O)CCCCCCCC. The van der Waals surface area contributed by atoms with E-state index in [2.05, 4.69) is 6.92 Å². The van der Waals surface area contributed by atoms with Gasteiger partial charge in [0, 0.05) is 5.03 Å². The molecule has 0 radical (unpaired) electrons. The highest BCUT2D eigenvalue weighted by molar-refractivity contribution is 6.30. The number of aliphatic hydroxyl groups is 1. The molecule has 0 rings (SSSR count). The summed E-state index contributed by atoms with van der Waals surface area (Å²) in [7, 11) is 0. The van der Waals surface area contributed by atoms with Gasteiger partial charge >= 0.3 is 0 Å². The van der Waals surface area contributed by atoms with Crippen LogP contribution in [0.3, 0.4) is 0 Å². The average molecular weight is 233 g/mol. The zero-order valence-corrected chi connectivity index (χ0v) is 10.9. The summed E-state index contributed by atoms with van der Waals surface area (Å²) >= 11 is 5.91. The zero-order valence-electron chi connectivity index (χ0n) is 10.1. The Labute approximate surface area is 99.5 Å². The molecule has 1 atom stereocenters. The zero-order chi connectivity index (χ0) is 11.5. The first kappa shape index (κ1) is 15.0. The minimum absolute atomic E-state index is 0.433. The van der Waals surface area contributed by atoms with Gasteiger partial charge in [-0.2, -0.15) is 0 Å². The summed E-state index contributed by atoms with van der Waals surface area (Å²) in [6.07, 6.45) is 10.7. The first-order valence-corrected chi connectivity index (χ1v) is 6.63. The van der Waals surface area contributed by atoms with Crippen LogP contribution in [0.2, 0.25) is 0 Å². The summed E-state index contributed by atoms with van der Waals surface area (Å²) in [5.41, 5.74) is 0. The summed E-state index contributed by atoms with van der Waals surface area (Å²) in [6.45, 7) is 4.25. The van der Waals surface area contributed by atoms with Crippen LogP contribution in [-0.2, 0) is 0 Å². The predicted octanol–water partition coefficient (Wildman–Crippen LogP) is 4.63. The monoisotopic (exact) mass is 232 g/mol. The summed E-state index contributed by atoms with van der Waals surface area (Å²) in [5.74, 6) is 0. The standard InChI is InChI=1S/C13H25ClO/c1-3-5-6-7-8-9-11-13(15)12(14)10-4-2/h10,13,15H,3-9,11H2,1-2H3/b12-10-. The molecule has 0 aromatic heterocycles. The molecule has 1 N–H and O–H groups in total. The van der Waals surface area contributed by atoms with Gasteiger partial charge in [0.1, 0.15) is 0 Å². The van der Waals surface area contributed by atoms with Crippen molar-refractivity contribution in [3.8, 4) is 0 Å². The van der Waals surface area contributed by atoms with Gasteiger partial charge in [-0.05, 0) is 12.8 Å². The van der Waals surface area contributed by atoms with Crippen molar-refractivity contribution >= 4 is 11.6 Å². The van der Waals surface area contributed by atoms with E-state index in [1.54, 1.807) is 0 Å². The van der Waals surface area contributed by atoms with Crippen LogP contribution in [0.4, 0.5) is 0 Å². The number of allylic oxidation sites excluding steroid dienone is 1. The van der Waals surface area contributed by atoms with E-state index in [4.69, 9.17) is 11.6 Å². The number of unbranched alkanes of at least 4 members (excludes halogenated alkanes) is 5. The summed E-state index contributed by atoms with van der Waals surface area (Å²) in [6, 6.07) is 0. The summed E-state index contributed by atoms with van der Waals surface area (Å²) in [4.78, 5) is 0. The number of halogens is 1. The fourth-order valence-corrected chi connectivity index (χ4v) is 1.85. The van der Waals surface area contributed by atoms with Crippen LogP contribution in [0, 0.1) is 0 Å². The molecule has 0 heterocycles. The molecular formula is C13H25ClO. The quantitative estimate of drug-likeness (QED) is 0.575. The van der Waals surface area contributed by atoms with Crippen LogP contribution in [0.1, 0.15) is 65.2 Å². The maximum Gasteiger partial charge on any atom is 0.0892 e. The van der Waals surface area contributed by atoms with Gasteiger partial charge in [-0.1, -0.05) is 70.0 Å². The van der Waals surface area contributed by atoms with Crippen molar-refractivity contribution in [3.05, 3.63) is 11.1 Å². The molecule has 0 saturated carbocycles. The largest absolute Gasteiger partial charge is 0.388 e. The van der Waals surface area contributed by atoms with E-state index in [0.717, 1.165) is 19.3 Å². The Balaban J connectivity index is 3.38. The third kappa shape index (κ3) is 8.95. The predicted molar refractivity (Wildman–Crippen MR) is 68.2 cm³/mol. The van der Waals surface area contributed by atoms with Gasteiger partial charge in [-0.15, -0.1) is 0 Å². The Hall–Kier alpha value is -0.0100. The molecule has 0 aromatic carbocycles. The fourth-order valence-electron chi connectivity index (χ4n) is 1.59. The van der Waals surface area contributed by atoms with Crippen LogP contribution in [-0.4, -0.2) is 11.2 Å². The lowest BCUT2D eigenvalue weighted by molar-refractivity contribution is 0.203. The Kier molecular flexibility index (Phi) is 10.5. The van der Waals surface area contributed by atoms with Crippen LogP contribution in [0.25, 0.3) is 0 Å². The smallest absolute Gasteiger partial charge is 0.0892 e. The topological polar surface area (TPSA) is 20.2 Å². The second-order valence-electron chi connectivity index (χ2n) is 4.07. The molecule has 0 saturated heterocycles. The minimum atomic E-state index is -0.433. The van der Waals surface area contributed by atoms with Crippen molar-refractivity contribution in [2.75, 3.05) is 0 Å². The summed E-state index contributed by atoms with van der Waals surface area (Å²) < 4.78 is 0. The van der Waals surface area contributed by atoms with E-state index in [1.807, 2.05) is 13.0 Å². The van der Waals surface area contributed by atoms with Gasteiger partial charge in [0.05, 0.1) is 6.10 Å². The van der Waals surface area contributed by atoms with Crippen molar-refractivity contribution in [2.45, 2.75) is 71.3 Å². The number of aliphatic hydroxyl groups excluding tert-OH is 1. The molecule has 0 aliphatic heterocycles. The van der Waals surface area contributed by atoms with Gasteiger partial charge < -0.3 is 5.11 Å². The number of hydrogen-bond acceptors (Lipinski definition) is 1. The molecule has 0 bridgehead atoms. The maximum atomic E-state index is 9.65. The molecule has 90 valence electrons. The first-order chi connectivity index (χ1) is 7.22. The minimum Gasteiger partial charge on any atom is -0.388 e. The highest BCUT2D eigenvalue weighted by Crippen LogP contribution is 2.16. The molecule has 2 heteroatoms. The van der Waals surface area contributed by atoms with E-state index in [1.165, 1.54) is 32.1 Å². The molecule has 0 fully saturated rings. The number of rotatable bonds is 9. The Morgan fingerprint density at radius 1 is 1.13 bits per heavy atom. The van der Waals surface area contributed by atoms with E-state index in [9.17, 15) is 5.11 Å². The maximum absolute atomic E-state index is 9.65. The first-order valence-electron chi connectivity index (χ1n) is 6.26. The molecule has 0 aliphatic rings. The second-order valence-corrected chi connectivity index (χ2v) is 4.51. The lowest BCUT2D eigenvalue weighted by Crippen LogP contribution is -2.06. The van der Waals surface area contributed by atoms with Crippen LogP contribution in [0.5, 0.6) is 0 Å². The Morgan fingerprint density at radius 3 is 2.33 bits per heavy atom. The molecule has 1 unspecified atom stereocenters. The molecule has 1 nitrogen and oxygen atoms in total. The molecule has 0 amide bonds. The van der Waals surface area contributed by atoms with E-state index in [0.29, 0.717) is 5.03 Å². The molecular weight excluding hydrogens is 208 g/mol. The van der Waals surface area contributed by atoms with E-state index >= 15 is 0 Å². The van der Waals surface area contributed by atoms with Gasteiger partial charge in [-0.3, -0.25) is 0 Å². The van der Waals surface area contributed by atoms with Crippen LogP contribution >= 0.6 is 11.6 Å². The normalized spacial score (nSPS) is 14.3. The lowest BCUT2D eigenvalue weighted by atomic mass is 10.1. The molecule has 0 aromatic rings. The van der Waals surface area contributed by atoms with E-state index < -0.39 is 6.10 Å². The van der Waals surface area contributed by atoms with Crippen LogP contribution in [0.15, 0.2) is 11.1 Å². The van der Waals surface area contributed by atoms with Gasteiger partial charge in [0.2, 0.25) is 0 Å². The highest BCUT2D eigenvalue weighted by atomic mass is 35.5. The van der Waals surface area contributed by atoms with Gasteiger partial charge in [-0.25, -0.2) is 0 Å². The Morgan fingerprint density at radius 2 is 1.73 bits per heavy atom. The molecule has 0 aliphatic carbocycles. The summed E-state index contributed by atoms with van der Waals surface area (Å²) in [5, 5.41) is 10.3. The van der Waals surface area contributed by atoms with Crippen LogP contribution < -0.4 is 0 Å². The Bertz CT molecular complexity index is 166. The highest BCUT2D eigenvalue weighted by Gasteiger charge is 2.06. The molecule has 15 heavy (non-hydrogen) atoms. The average Bonchev–Trinajstić information content (AvgIpc) is 2.23. The van der Waals surface area contributed by atoms with E-state index in [-0.39, 0.29) is 0 Å². The molecule has 0 spiro atoms.